The first-order valence-electron chi connectivity index (χ1n) is 7.62. The number of ether oxygens (including phenoxy) is 1. The number of amides is 1. The van der Waals surface area contributed by atoms with Crippen molar-refractivity contribution in [2.24, 2.45) is 11.3 Å². The van der Waals surface area contributed by atoms with Gasteiger partial charge in [-0.15, -0.1) is 0 Å². The second kappa shape index (κ2) is 8.07. The zero-order valence-corrected chi connectivity index (χ0v) is 17.9. The first kappa shape index (κ1) is 22.6. The Bertz CT molecular complexity index is 603. The Morgan fingerprint density at radius 1 is 1.20 bits per heavy atom. The molecule has 5 nitrogen and oxygen atoms in total. The number of thiol groups is 1. The standard InChI is InChI=1S/C16H22Cl3NO4S/c1-8(2)11(14(23)24-7-16(17,18)19)20-12(22)9(13(20)25)6-10(21)15(3,4)5/h9,13,25H,6-7H2,1-5H3/t9-,13-/m1/s1. The maximum absolute atomic E-state index is 12.5. The zero-order chi connectivity index (χ0) is 19.7. The number of hydrogen-bond donors (Lipinski definition) is 1. The maximum Gasteiger partial charge on any atom is 0.355 e. The summed E-state index contributed by atoms with van der Waals surface area (Å²) in [5.41, 5.74) is 0.0673. The average Bonchev–Trinajstić information content (AvgIpc) is 2.44. The van der Waals surface area contributed by atoms with Crippen molar-refractivity contribution in [1.82, 2.24) is 4.90 Å². The van der Waals surface area contributed by atoms with Gasteiger partial charge in [-0.1, -0.05) is 55.6 Å². The number of Topliss-reactive ketones (excluding diaryl/α,β-unsaturated/α-hetero) is 1. The minimum Gasteiger partial charge on any atom is -0.456 e. The lowest BCUT2D eigenvalue weighted by atomic mass is 9.82. The first-order valence-corrected chi connectivity index (χ1v) is 9.27. The maximum atomic E-state index is 12.5. The summed E-state index contributed by atoms with van der Waals surface area (Å²) in [6, 6.07) is 0. The van der Waals surface area contributed by atoms with E-state index >= 15 is 0 Å². The highest BCUT2D eigenvalue weighted by Gasteiger charge is 2.50. The van der Waals surface area contributed by atoms with Crippen LogP contribution in [-0.4, -0.2) is 38.3 Å². The van der Waals surface area contributed by atoms with E-state index in [1.807, 2.05) is 0 Å². The van der Waals surface area contributed by atoms with E-state index in [0.717, 1.165) is 0 Å². The molecule has 9 heteroatoms. The van der Waals surface area contributed by atoms with E-state index in [1.165, 1.54) is 4.90 Å². The number of alkyl halides is 3. The highest BCUT2D eigenvalue weighted by molar-refractivity contribution is 7.81. The zero-order valence-electron chi connectivity index (χ0n) is 14.7. The third-order valence-corrected chi connectivity index (χ3v) is 4.61. The quantitative estimate of drug-likeness (QED) is 0.236. The van der Waals surface area contributed by atoms with Crippen LogP contribution in [0.2, 0.25) is 0 Å². The van der Waals surface area contributed by atoms with Crippen molar-refractivity contribution in [2.45, 2.75) is 50.2 Å². The van der Waals surface area contributed by atoms with Gasteiger partial charge in [0.2, 0.25) is 9.70 Å². The number of carbonyl (C=O) groups is 3. The van der Waals surface area contributed by atoms with Crippen LogP contribution in [0.15, 0.2) is 11.3 Å². The SMILES string of the molecule is CC(C)=C(C(=O)OCC(Cl)(Cl)Cl)N1C(=O)[C@@H](CC(=O)C(C)(C)C)[C@H]1S. The molecular weight excluding hydrogens is 409 g/mol. The molecule has 25 heavy (non-hydrogen) atoms. The fraction of sp³-hybridized carbons (Fsp3) is 0.688. The number of carbonyl (C=O) groups excluding carboxylic acids is 3. The van der Waals surface area contributed by atoms with Gasteiger partial charge in [-0.3, -0.25) is 14.5 Å². The Balaban J connectivity index is 2.88. The van der Waals surface area contributed by atoms with E-state index in [4.69, 9.17) is 39.5 Å². The van der Waals surface area contributed by atoms with E-state index in [9.17, 15) is 14.4 Å². The van der Waals surface area contributed by atoms with Gasteiger partial charge in [-0.05, 0) is 19.4 Å². The lowest BCUT2D eigenvalue weighted by Gasteiger charge is -2.45. The molecule has 1 saturated heterocycles. The van der Waals surface area contributed by atoms with Gasteiger partial charge in [0.15, 0.2) is 0 Å². The lowest BCUT2D eigenvalue weighted by molar-refractivity contribution is -0.156. The number of hydrogen-bond acceptors (Lipinski definition) is 5. The van der Waals surface area contributed by atoms with E-state index in [0.29, 0.717) is 5.57 Å². The molecule has 1 aliphatic rings. The Morgan fingerprint density at radius 3 is 2.08 bits per heavy atom. The third-order valence-electron chi connectivity index (χ3n) is 3.70. The molecule has 1 amide bonds. The molecule has 1 fully saturated rings. The second-order valence-electron chi connectivity index (χ2n) is 7.15. The largest absolute Gasteiger partial charge is 0.456 e. The molecule has 0 aromatic carbocycles. The predicted molar refractivity (Wildman–Crippen MR) is 102 cm³/mol. The molecule has 0 radical (unpaired) electrons. The Hall–Kier alpha value is -0.430. The van der Waals surface area contributed by atoms with E-state index in [1.54, 1.807) is 34.6 Å². The van der Waals surface area contributed by atoms with Crippen LogP contribution in [0, 0.1) is 11.3 Å². The summed E-state index contributed by atoms with van der Waals surface area (Å²) in [6.45, 7) is 8.25. The van der Waals surface area contributed by atoms with Crippen LogP contribution in [-0.2, 0) is 19.1 Å². The molecule has 0 spiro atoms. The minimum absolute atomic E-state index is 0.0397. The monoisotopic (exact) mass is 429 g/mol. The minimum atomic E-state index is -1.75. The third kappa shape index (κ3) is 5.78. The molecule has 0 aliphatic carbocycles. The van der Waals surface area contributed by atoms with Gasteiger partial charge in [0.25, 0.3) is 0 Å². The summed E-state index contributed by atoms with van der Waals surface area (Å²) in [6.07, 6.45) is 0.0756. The van der Waals surface area contributed by atoms with Gasteiger partial charge in [0.1, 0.15) is 18.1 Å². The molecular formula is C16H22Cl3NO4S. The molecule has 1 rings (SSSR count). The summed E-state index contributed by atoms with van der Waals surface area (Å²) in [5, 5.41) is -0.594. The fourth-order valence-corrected chi connectivity index (χ4v) is 2.86. The van der Waals surface area contributed by atoms with Crippen molar-refractivity contribution >= 4 is 65.1 Å². The number of β-lactam (4-membered cyclic amide) rings is 1. The van der Waals surface area contributed by atoms with E-state index < -0.39 is 33.1 Å². The van der Waals surface area contributed by atoms with Gasteiger partial charge < -0.3 is 4.74 Å². The summed E-state index contributed by atoms with van der Waals surface area (Å²) in [4.78, 5) is 38.2. The van der Waals surface area contributed by atoms with Gasteiger partial charge in [0, 0.05) is 11.8 Å². The Kier molecular flexibility index (Phi) is 7.30. The Labute approximate surface area is 168 Å². The molecule has 2 atom stereocenters. The van der Waals surface area contributed by atoms with Gasteiger partial charge >= 0.3 is 5.97 Å². The number of halogens is 3. The highest BCUT2D eigenvalue weighted by Crippen LogP contribution is 2.38. The number of likely N-dealkylation sites (tertiary alicyclic amines) is 1. The van der Waals surface area contributed by atoms with Crippen LogP contribution < -0.4 is 0 Å². The smallest absolute Gasteiger partial charge is 0.355 e. The highest BCUT2D eigenvalue weighted by atomic mass is 35.6. The van der Waals surface area contributed by atoms with Crippen LogP contribution in [0.5, 0.6) is 0 Å². The second-order valence-corrected chi connectivity index (χ2v) is 10.2. The normalized spacial score (nSPS) is 20.8. The number of ketones is 1. The molecule has 0 saturated carbocycles. The number of allylic oxidation sites excluding steroid dienone is 1. The number of rotatable bonds is 5. The molecule has 0 bridgehead atoms. The van der Waals surface area contributed by atoms with Crippen molar-refractivity contribution in [3.8, 4) is 0 Å². The van der Waals surface area contributed by atoms with E-state index in [2.05, 4.69) is 12.6 Å². The predicted octanol–water partition coefficient (Wildman–Crippen LogP) is 3.91. The van der Waals surface area contributed by atoms with Crippen molar-refractivity contribution in [3.63, 3.8) is 0 Å². The van der Waals surface area contributed by atoms with Crippen LogP contribution >= 0.6 is 47.4 Å². The molecule has 1 heterocycles. The summed E-state index contributed by atoms with van der Waals surface area (Å²) in [7, 11) is 0. The van der Waals surface area contributed by atoms with Gasteiger partial charge in [0.05, 0.1) is 11.3 Å². The first-order chi connectivity index (χ1) is 11.2. The van der Waals surface area contributed by atoms with Crippen molar-refractivity contribution < 1.29 is 19.1 Å². The molecule has 142 valence electrons. The number of esters is 1. The van der Waals surface area contributed by atoms with Crippen LogP contribution in [0.25, 0.3) is 0 Å². The average molecular weight is 431 g/mol. The molecule has 0 aromatic heterocycles. The van der Waals surface area contributed by atoms with Crippen molar-refractivity contribution in [1.29, 1.82) is 0 Å². The fourth-order valence-electron chi connectivity index (χ4n) is 2.23. The molecule has 0 N–H and O–H groups in total. The number of nitrogens with zero attached hydrogens (tertiary/aromatic N) is 1. The Morgan fingerprint density at radius 2 is 1.72 bits per heavy atom. The van der Waals surface area contributed by atoms with Crippen molar-refractivity contribution in [3.05, 3.63) is 11.3 Å². The van der Waals surface area contributed by atoms with Crippen LogP contribution in [0.3, 0.4) is 0 Å². The van der Waals surface area contributed by atoms with E-state index in [-0.39, 0.29) is 23.8 Å². The lowest BCUT2D eigenvalue weighted by Crippen LogP contribution is -2.59. The van der Waals surface area contributed by atoms with Gasteiger partial charge in [-0.2, -0.15) is 12.6 Å². The van der Waals surface area contributed by atoms with Crippen LogP contribution in [0.1, 0.15) is 41.0 Å². The van der Waals surface area contributed by atoms with Gasteiger partial charge in [-0.25, -0.2) is 4.79 Å². The summed E-state index contributed by atoms with van der Waals surface area (Å²) >= 11 is 21.1. The van der Waals surface area contributed by atoms with Crippen LogP contribution in [0.4, 0.5) is 0 Å². The molecule has 0 aromatic rings. The summed E-state index contributed by atoms with van der Waals surface area (Å²) in [5.74, 6) is -1.74. The van der Waals surface area contributed by atoms with Crippen molar-refractivity contribution in [2.75, 3.05) is 6.61 Å². The molecule has 0 unspecified atom stereocenters. The topological polar surface area (TPSA) is 63.7 Å². The summed E-state index contributed by atoms with van der Waals surface area (Å²) < 4.78 is 3.22. The molecule has 1 aliphatic heterocycles.